The lowest BCUT2D eigenvalue weighted by atomic mass is 9.80. The molecule has 0 radical (unpaired) electrons. The van der Waals surface area contributed by atoms with Gasteiger partial charge in [-0.25, -0.2) is 0 Å². The summed E-state index contributed by atoms with van der Waals surface area (Å²) in [5.74, 6) is 4.02. The molecular formula is C56H58O4P2. The highest BCUT2D eigenvalue weighted by Gasteiger charge is 2.35. The van der Waals surface area contributed by atoms with Crippen LogP contribution in [0.3, 0.4) is 0 Å². The van der Waals surface area contributed by atoms with Crippen LogP contribution in [0.5, 0.6) is 23.0 Å². The molecule has 6 aromatic carbocycles. The van der Waals surface area contributed by atoms with Crippen LogP contribution < -0.4 is 45.5 Å². The van der Waals surface area contributed by atoms with E-state index in [1.54, 1.807) is 28.4 Å². The van der Waals surface area contributed by atoms with Crippen LogP contribution in [0.15, 0.2) is 126 Å². The van der Waals surface area contributed by atoms with Gasteiger partial charge in [0.25, 0.3) is 0 Å². The highest BCUT2D eigenvalue weighted by molar-refractivity contribution is 7.80. The van der Waals surface area contributed by atoms with E-state index in [-0.39, 0.29) is 5.92 Å². The van der Waals surface area contributed by atoms with Gasteiger partial charge >= 0.3 is 0 Å². The second-order valence-electron chi connectivity index (χ2n) is 16.8. The summed E-state index contributed by atoms with van der Waals surface area (Å²) < 4.78 is 23.9. The summed E-state index contributed by atoms with van der Waals surface area (Å²) in [6, 6.07) is 32.8. The second-order valence-corrected chi connectivity index (χ2v) is 21.2. The maximum Gasteiger partial charge on any atom is 0.124 e. The number of hydrogen-bond acceptors (Lipinski definition) is 4. The zero-order valence-corrected chi connectivity index (χ0v) is 40.1. The smallest absolute Gasteiger partial charge is 0.124 e. The highest BCUT2D eigenvalue weighted by atomic mass is 31.1. The molecule has 0 heterocycles. The first-order valence-corrected chi connectivity index (χ1v) is 24.1. The van der Waals surface area contributed by atoms with E-state index in [0.29, 0.717) is 0 Å². The Hall–Kier alpha value is -5.40. The maximum atomic E-state index is 5.96. The third-order valence-electron chi connectivity index (χ3n) is 12.5. The lowest BCUT2D eigenvalue weighted by Crippen LogP contribution is -2.27. The predicted molar refractivity (Wildman–Crippen MR) is 267 cm³/mol. The molecule has 0 amide bonds. The number of hydrogen-bond donors (Lipinski definition) is 0. The Morgan fingerprint density at radius 3 is 1.34 bits per heavy atom. The van der Waals surface area contributed by atoms with Crippen LogP contribution in [0.25, 0.3) is 16.3 Å². The normalized spacial score (nSPS) is 14.7. The van der Waals surface area contributed by atoms with Crippen molar-refractivity contribution in [2.45, 2.75) is 61.8 Å². The SMILES string of the molecule is COc1c(C)cc(P(C2=CCC3C=CC=CC3=C2c2c(P(c3cc(C)c(OC)c(C)c3)c3cc(C)c(OC)c(C)c3)ccc3ccccc23)c2cc(C)c(OC)c(C)c2)cc1C. The molecule has 6 heteroatoms. The van der Waals surface area contributed by atoms with Gasteiger partial charge in [0.1, 0.15) is 23.0 Å². The zero-order chi connectivity index (χ0) is 44.0. The van der Waals surface area contributed by atoms with Crippen molar-refractivity contribution < 1.29 is 18.9 Å². The molecule has 0 saturated heterocycles. The van der Waals surface area contributed by atoms with E-state index < -0.39 is 15.8 Å². The van der Waals surface area contributed by atoms with Crippen LogP contribution in [-0.2, 0) is 0 Å². The van der Waals surface area contributed by atoms with Crippen LogP contribution in [0.4, 0.5) is 0 Å². The van der Waals surface area contributed by atoms with Gasteiger partial charge in [-0.3, -0.25) is 0 Å². The molecule has 0 bridgehead atoms. The first kappa shape index (κ1) is 43.3. The minimum absolute atomic E-state index is 0.253. The molecular weight excluding hydrogens is 799 g/mol. The van der Waals surface area contributed by atoms with E-state index in [2.05, 4.69) is 171 Å². The lowest BCUT2D eigenvalue weighted by Gasteiger charge is -2.35. The molecule has 0 aromatic heterocycles. The van der Waals surface area contributed by atoms with Crippen molar-refractivity contribution in [2.24, 2.45) is 5.92 Å². The third-order valence-corrected chi connectivity index (χ3v) is 17.3. The van der Waals surface area contributed by atoms with Gasteiger partial charge in [0.05, 0.1) is 28.4 Å². The van der Waals surface area contributed by atoms with Crippen molar-refractivity contribution in [2.75, 3.05) is 28.4 Å². The molecule has 0 saturated carbocycles. The lowest BCUT2D eigenvalue weighted by molar-refractivity contribution is 0.408. The van der Waals surface area contributed by atoms with Gasteiger partial charge < -0.3 is 18.9 Å². The molecule has 62 heavy (non-hydrogen) atoms. The summed E-state index contributed by atoms with van der Waals surface area (Å²) in [6.07, 6.45) is 12.8. The minimum atomic E-state index is -1.11. The van der Waals surface area contributed by atoms with Gasteiger partial charge in [0.2, 0.25) is 0 Å². The fourth-order valence-electron chi connectivity index (χ4n) is 10.1. The average molecular weight is 857 g/mol. The van der Waals surface area contributed by atoms with Crippen molar-refractivity contribution >= 4 is 58.7 Å². The molecule has 0 spiro atoms. The molecule has 8 rings (SSSR count). The monoisotopic (exact) mass is 856 g/mol. The fraction of sp³-hybridized carbons (Fsp3) is 0.250. The van der Waals surface area contributed by atoms with Gasteiger partial charge in [-0.15, -0.1) is 0 Å². The van der Waals surface area contributed by atoms with Crippen LogP contribution >= 0.6 is 15.8 Å². The largest absolute Gasteiger partial charge is 0.496 e. The van der Waals surface area contributed by atoms with Crippen molar-refractivity contribution in [3.8, 4) is 23.0 Å². The van der Waals surface area contributed by atoms with Crippen molar-refractivity contribution in [1.82, 2.24) is 0 Å². The van der Waals surface area contributed by atoms with Gasteiger partial charge in [-0.1, -0.05) is 66.8 Å². The fourth-order valence-corrected chi connectivity index (χ4v) is 15.8. The van der Waals surface area contributed by atoms with E-state index in [1.807, 2.05) is 0 Å². The number of benzene rings is 6. The standard InChI is InChI=1S/C56H58O4P2/c1-33-25-43(26-34(2)53(33)57-9)61(44-27-35(3)54(58-10)36(4)28-44)49-23-21-41-17-13-15-19-47(41)51(49)52-48-20-16-14-18-42(48)22-24-50(52)62(45-29-37(5)55(59-11)38(6)30-45)46-31-39(7)56(60-12)40(8)32-46/h13-21,23-32,42H,22H2,1-12H3. The summed E-state index contributed by atoms with van der Waals surface area (Å²) in [5.41, 5.74) is 13.2. The van der Waals surface area contributed by atoms with E-state index in [0.717, 1.165) is 73.9 Å². The topological polar surface area (TPSA) is 36.9 Å². The first-order chi connectivity index (χ1) is 29.9. The Labute approximate surface area is 371 Å². The van der Waals surface area contributed by atoms with E-state index in [4.69, 9.17) is 18.9 Å². The molecule has 0 N–H and O–H groups in total. The maximum absolute atomic E-state index is 5.96. The second kappa shape index (κ2) is 17.8. The molecule has 2 aliphatic carbocycles. The van der Waals surface area contributed by atoms with Crippen LogP contribution in [-0.4, -0.2) is 28.4 Å². The molecule has 316 valence electrons. The minimum Gasteiger partial charge on any atom is -0.496 e. The Balaban J connectivity index is 1.51. The zero-order valence-electron chi connectivity index (χ0n) is 38.3. The highest BCUT2D eigenvalue weighted by Crippen LogP contribution is 2.57. The Kier molecular flexibility index (Phi) is 12.4. The molecule has 1 unspecified atom stereocenters. The van der Waals surface area contributed by atoms with Crippen LogP contribution in [0.1, 0.15) is 56.5 Å². The quantitative estimate of drug-likeness (QED) is 0.122. The summed E-state index contributed by atoms with van der Waals surface area (Å²) in [5, 5.41) is 10.4. The summed E-state index contributed by atoms with van der Waals surface area (Å²) in [7, 11) is 4.92. The summed E-state index contributed by atoms with van der Waals surface area (Å²) in [6.45, 7) is 17.4. The van der Waals surface area contributed by atoms with E-state index in [1.165, 1.54) is 59.3 Å². The van der Waals surface area contributed by atoms with Gasteiger partial charge in [-0.05, 0) is 230 Å². The van der Waals surface area contributed by atoms with Gasteiger partial charge in [-0.2, -0.15) is 0 Å². The third kappa shape index (κ3) is 7.71. The molecule has 1 atom stereocenters. The molecule has 2 aliphatic rings. The summed E-state index contributed by atoms with van der Waals surface area (Å²) in [4.78, 5) is 0. The number of allylic oxidation sites excluding steroid dienone is 8. The molecule has 6 aromatic rings. The number of fused-ring (bicyclic) bond motifs is 2. The Bertz CT molecular complexity index is 2670. The van der Waals surface area contributed by atoms with Crippen LogP contribution in [0, 0.1) is 61.3 Å². The first-order valence-electron chi connectivity index (χ1n) is 21.4. The molecule has 4 nitrogen and oxygen atoms in total. The number of aryl methyl sites for hydroxylation is 8. The number of ether oxygens (including phenoxy) is 4. The number of methoxy groups -OCH3 is 4. The molecule has 0 fully saturated rings. The van der Waals surface area contributed by atoms with E-state index >= 15 is 0 Å². The number of rotatable bonds is 11. The van der Waals surface area contributed by atoms with Gasteiger partial charge in [0, 0.05) is 5.92 Å². The Morgan fingerprint density at radius 2 is 0.903 bits per heavy atom. The van der Waals surface area contributed by atoms with Crippen molar-refractivity contribution in [1.29, 1.82) is 0 Å². The van der Waals surface area contributed by atoms with Crippen LogP contribution in [0.2, 0.25) is 0 Å². The predicted octanol–water partition coefficient (Wildman–Crippen LogP) is 12.0. The van der Waals surface area contributed by atoms with Crippen molar-refractivity contribution in [3.05, 3.63) is 176 Å². The van der Waals surface area contributed by atoms with Crippen molar-refractivity contribution in [3.63, 3.8) is 0 Å². The summed E-state index contributed by atoms with van der Waals surface area (Å²) >= 11 is 0. The van der Waals surface area contributed by atoms with Gasteiger partial charge in [0.15, 0.2) is 0 Å². The van der Waals surface area contributed by atoms with E-state index in [9.17, 15) is 0 Å². The Morgan fingerprint density at radius 1 is 0.484 bits per heavy atom. The average Bonchev–Trinajstić information content (AvgIpc) is 3.23. The molecule has 0 aliphatic heterocycles.